The van der Waals surface area contributed by atoms with Crippen LogP contribution < -0.4 is 15.0 Å². The number of ether oxygens (including phenoxy) is 1. The fraction of sp³-hybridized carbons (Fsp3) is 0.333. The Labute approximate surface area is 164 Å². The Kier molecular flexibility index (Phi) is 6.33. The van der Waals surface area contributed by atoms with Crippen molar-refractivity contribution >= 4 is 11.6 Å². The molecule has 2 aromatic rings. The summed E-state index contributed by atoms with van der Waals surface area (Å²) in [6.07, 6.45) is 0. The van der Waals surface area contributed by atoms with E-state index >= 15 is 0 Å². The van der Waals surface area contributed by atoms with Gasteiger partial charge in [0.1, 0.15) is 11.6 Å². The van der Waals surface area contributed by atoms with Crippen LogP contribution in [0.5, 0.6) is 5.75 Å². The van der Waals surface area contributed by atoms with Crippen LogP contribution in [0, 0.1) is 17.1 Å². The van der Waals surface area contributed by atoms with Crippen LogP contribution in [0.2, 0.25) is 0 Å². The number of nitrogens with zero attached hydrogens (tertiary/aromatic N) is 4. The molecule has 0 aromatic heterocycles. The molecule has 2 aromatic carbocycles. The number of anilines is 1. The van der Waals surface area contributed by atoms with Gasteiger partial charge in [-0.05, 0) is 30.3 Å². The van der Waals surface area contributed by atoms with Crippen LogP contribution >= 0.6 is 0 Å². The fourth-order valence-corrected chi connectivity index (χ4v) is 3.34. The van der Waals surface area contributed by atoms with Crippen molar-refractivity contribution in [2.75, 3.05) is 45.2 Å². The van der Waals surface area contributed by atoms with Crippen molar-refractivity contribution in [1.82, 2.24) is 10.2 Å². The maximum absolute atomic E-state index is 14.0. The maximum atomic E-state index is 14.0. The number of rotatable bonds is 4. The molecule has 7 heteroatoms. The predicted octanol–water partition coefficient (Wildman–Crippen LogP) is 2.60. The summed E-state index contributed by atoms with van der Waals surface area (Å²) >= 11 is 0. The minimum absolute atomic E-state index is 0.279. The van der Waals surface area contributed by atoms with Crippen LogP contribution in [0.15, 0.2) is 47.5 Å². The highest BCUT2D eigenvalue weighted by molar-refractivity contribution is 5.80. The number of benzene rings is 2. The number of hydrogen-bond acceptors (Lipinski definition) is 4. The zero-order valence-electron chi connectivity index (χ0n) is 16.2. The van der Waals surface area contributed by atoms with Crippen LogP contribution in [-0.4, -0.2) is 51.2 Å². The number of halogens is 1. The third kappa shape index (κ3) is 4.34. The van der Waals surface area contributed by atoms with E-state index in [4.69, 9.17) is 10.00 Å². The van der Waals surface area contributed by atoms with Crippen LogP contribution in [0.25, 0.3) is 0 Å². The molecule has 0 radical (unpaired) electrons. The summed E-state index contributed by atoms with van der Waals surface area (Å²) in [6.45, 7) is 3.52. The van der Waals surface area contributed by atoms with E-state index in [0.717, 1.165) is 43.6 Å². The van der Waals surface area contributed by atoms with Gasteiger partial charge in [0.2, 0.25) is 0 Å². The number of nitriles is 1. The summed E-state index contributed by atoms with van der Waals surface area (Å²) in [5.74, 6) is 1.26. The van der Waals surface area contributed by atoms with Crippen LogP contribution in [0.4, 0.5) is 10.1 Å². The van der Waals surface area contributed by atoms with Gasteiger partial charge in [-0.25, -0.2) is 4.39 Å². The molecule has 1 aliphatic rings. The number of piperazine rings is 1. The second-order valence-corrected chi connectivity index (χ2v) is 6.46. The first-order valence-electron chi connectivity index (χ1n) is 9.18. The standard InChI is InChI=1S/C21H24FN5O/c1-24-21(25-15-17-13-16(14-23)7-8-18(17)22)27-11-9-26(10-12-27)19-5-3-4-6-20(19)28-2/h3-8,13H,9-12,15H2,1-2H3,(H,24,25). The molecule has 1 N–H and O–H groups in total. The second-order valence-electron chi connectivity index (χ2n) is 6.46. The van der Waals surface area contributed by atoms with Gasteiger partial charge in [-0.1, -0.05) is 12.1 Å². The smallest absolute Gasteiger partial charge is 0.194 e. The molecule has 0 bridgehead atoms. The van der Waals surface area contributed by atoms with Gasteiger partial charge in [0, 0.05) is 45.3 Å². The Morgan fingerprint density at radius 2 is 1.96 bits per heavy atom. The van der Waals surface area contributed by atoms with Crippen molar-refractivity contribution in [2.24, 2.45) is 4.99 Å². The first kappa shape index (κ1) is 19.5. The molecule has 0 saturated carbocycles. The van der Waals surface area contributed by atoms with E-state index in [2.05, 4.69) is 26.2 Å². The lowest BCUT2D eigenvalue weighted by molar-refractivity contribution is 0.366. The highest BCUT2D eigenvalue weighted by Crippen LogP contribution is 2.28. The van der Waals surface area contributed by atoms with Gasteiger partial charge in [-0.15, -0.1) is 0 Å². The van der Waals surface area contributed by atoms with Crippen molar-refractivity contribution in [1.29, 1.82) is 5.26 Å². The fourth-order valence-electron chi connectivity index (χ4n) is 3.34. The van der Waals surface area contributed by atoms with Crippen molar-refractivity contribution in [3.63, 3.8) is 0 Å². The molecule has 3 rings (SSSR count). The highest BCUT2D eigenvalue weighted by atomic mass is 19.1. The monoisotopic (exact) mass is 381 g/mol. The summed E-state index contributed by atoms with van der Waals surface area (Å²) in [5, 5.41) is 12.2. The number of aliphatic imine (C=N–C) groups is 1. The molecular weight excluding hydrogens is 357 g/mol. The van der Waals surface area contributed by atoms with Crippen LogP contribution in [0.1, 0.15) is 11.1 Å². The number of para-hydroxylation sites is 2. The Balaban J connectivity index is 1.61. The van der Waals surface area contributed by atoms with Gasteiger partial charge in [-0.2, -0.15) is 5.26 Å². The van der Waals surface area contributed by atoms with Crippen molar-refractivity contribution in [3.05, 3.63) is 59.4 Å². The second kappa shape index (κ2) is 9.09. The van der Waals surface area contributed by atoms with E-state index in [1.165, 1.54) is 12.1 Å². The molecular formula is C21H24FN5O. The minimum Gasteiger partial charge on any atom is -0.495 e. The third-order valence-electron chi connectivity index (χ3n) is 4.83. The number of nitrogens with one attached hydrogen (secondary N) is 1. The lowest BCUT2D eigenvalue weighted by Crippen LogP contribution is -2.52. The molecule has 1 aliphatic heterocycles. The molecule has 0 unspecified atom stereocenters. The Bertz CT molecular complexity index is 885. The van der Waals surface area contributed by atoms with E-state index in [-0.39, 0.29) is 12.4 Å². The van der Waals surface area contributed by atoms with E-state index in [9.17, 15) is 4.39 Å². The van der Waals surface area contributed by atoms with Gasteiger partial charge in [0.05, 0.1) is 24.4 Å². The number of methoxy groups -OCH3 is 1. The van der Waals surface area contributed by atoms with Crippen LogP contribution in [-0.2, 0) is 6.54 Å². The quantitative estimate of drug-likeness (QED) is 0.652. The third-order valence-corrected chi connectivity index (χ3v) is 4.83. The molecule has 1 heterocycles. The Morgan fingerprint density at radius 3 is 2.64 bits per heavy atom. The van der Waals surface area contributed by atoms with E-state index in [0.29, 0.717) is 11.1 Å². The van der Waals surface area contributed by atoms with Gasteiger partial charge < -0.3 is 19.9 Å². The van der Waals surface area contributed by atoms with Gasteiger partial charge in [0.25, 0.3) is 0 Å². The maximum Gasteiger partial charge on any atom is 0.194 e. The number of guanidine groups is 1. The molecule has 0 spiro atoms. The molecule has 28 heavy (non-hydrogen) atoms. The zero-order chi connectivity index (χ0) is 19.9. The summed E-state index contributed by atoms with van der Waals surface area (Å²) in [7, 11) is 3.40. The summed E-state index contributed by atoms with van der Waals surface area (Å²) in [4.78, 5) is 8.77. The molecule has 0 atom stereocenters. The SMILES string of the molecule is CN=C(NCc1cc(C#N)ccc1F)N1CCN(c2ccccc2OC)CC1. The molecule has 146 valence electrons. The minimum atomic E-state index is -0.331. The van der Waals surface area contributed by atoms with Crippen molar-refractivity contribution in [2.45, 2.75) is 6.54 Å². The highest BCUT2D eigenvalue weighted by Gasteiger charge is 2.21. The zero-order valence-corrected chi connectivity index (χ0v) is 16.2. The van der Waals surface area contributed by atoms with Crippen molar-refractivity contribution < 1.29 is 9.13 Å². The average Bonchev–Trinajstić information content (AvgIpc) is 2.75. The largest absolute Gasteiger partial charge is 0.495 e. The van der Waals surface area contributed by atoms with Gasteiger partial charge in [-0.3, -0.25) is 4.99 Å². The molecule has 6 nitrogen and oxygen atoms in total. The summed E-state index contributed by atoms with van der Waals surface area (Å²) < 4.78 is 19.5. The first-order chi connectivity index (χ1) is 13.7. The molecule has 0 aliphatic carbocycles. The Hall–Kier alpha value is -3.27. The first-order valence-corrected chi connectivity index (χ1v) is 9.18. The van der Waals surface area contributed by atoms with Crippen LogP contribution in [0.3, 0.4) is 0 Å². The van der Waals surface area contributed by atoms with E-state index in [1.54, 1.807) is 20.2 Å². The van der Waals surface area contributed by atoms with E-state index in [1.807, 2.05) is 24.3 Å². The van der Waals surface area contributed by atoms with Gasteiger partial charge in [0.15, 0.2) is 5.96 Å². The lowest BCUT2D eigenvalue weighted by Gasteiger charge is -2.38. The molecule has 1 saturated heterocycles. The van der Waals surface area contributed by atoms with E-state index < -0.39 is 0 Å². The topological polar surface area (TPSA) is 63.9 Å². The average molecular weight is 381 g/mol. The van der Waals surface area contributed by atoms with Gasteiger partial charge >= 0.3 is 0 Å². The number of hydrogen-bond donors (Lipinski definition) is 1. The summed E-state index contributed by atoms with van der Waals surface area (Å²) in [6, 6.07) is 14.4. The molecule has 0 amide bonds. The Morgan fingerprint density at radius 1 is 1.21 bits per heavy atom. The van der Waals surface area contributed by atoms with Crippen molar-refractivity contribution in [3.8, 4) is 11.8 Å². The molecule has 1 fully saturated rings. The lowest BCUT2D eigenvalue weighted by atomic mass is 10.1. The normalized spacial score (nSPS) is 14.6. The summed E-state index contributed by atoms with van der Waals surface area (Å²) in [5.41, 5.74) is 1.98. The predicted molar refractivity (Wildman–Crippen MR) is 108 cm³/mol.